The van der Waals surface area contributed by atoms with Crippen LogP contribution >= 0.6 is 11.6 Å². The largest absolute Gasteiger partial charge is 0.311 e. The van der Waals surface area contributed by atoms with Crippen molar-refractivity contribution in [2.75, 3.05) is 0 Å². The summed E-state index contributed by atoms with van der Waals surface area (Å²) < 4.78 is 1.96. The fourth-order valence-electron chi connectivity index (χ4n) is 1.73. The van der Waals surface area contributed by atoms with Crippen LogP contribution in [-0.4, -0.2) is 19.5 Å². The highest BCUT2D eigenvalue weighted by Gasteiger charge is 2.05. The summed E-state index contributed by atoms with van der Waals surface area (Å²) in [6.07, 6.45) is 3.38. The monoisotopic (exact) mass is 244 g/mol. The molecule has 0 saturated carbocycles. The van der Waals surface area contributed by atoms with Crippen molar-refractivity contribution in [3.05, 3.63) is 53.7 Å². The molecule has 5 heteroatoms. The van der Waals surface area contributed by atoms with Crippen molar-refractivity contribution < 1.29 is 0 Å². The standard InChI is InChI=1S/C12H9ClN4/c13-12-14-6-10-11(16-12)17(8-15-10)7-9-4-2-1-3-5-9/h1-6,8H,7H2. The highest BCUT2D eigenvalue weighted by atomic mass is 35.5. The molecule has 17 heavy (non-hydrogen) atoms. The molecule has 0 unspecified atom stereocenters. The highest BCUT2D eigenvalue weighted by Crippen LogP contribution is 2.13. The topological polar surface area (TPSA) is 43.6 Å². The van der Waals surface area contributed by atoms with Crippen molar-refractivity contribution in [1.82, 2.24) is 19.5 Å². The molecule has 2 heterocycles. The molecule has 0 N–H and O–H groups in total. The Kier molecular flexibility index (Phi) is 2.49. The van der Waals surface area contributed by atoms with Gasteiger partial charge in [-0.2, -0.15) is 4.98 Å². The van der Waals surface area contributed by atoms with Crippen molar-refractivity contribution in [1.29, 1.82) is 0 Å². The van der Waals surface area contributed by atoms with Crippen LogP contribution in [0.1, 0.15) is 5.56 Å². The molecule has 0 amide bonds. The average molecular weight is 245 g/mol. The van der Waals surface area contributed by atoms with E-state index >= 15 is 0 Å². The molecule has 0 bridgehead atoms. The first-order valence-electron chi connectivity index (χ1n) is 5.20. The summed E-state index contributed by atoms with van der Waals surface area (Å²) in [5, 5.41) is 0.243. The Morgan fingerprint density at radius 3 is 2.76 bits per heavy atom. The molecule has 0 aliphatic carbocycles. The first-order chi connectivity index (χ1) is 8.33. The minimum atomic E-state index is 0.243. The van der Waals surface area contributed by atoms with Gasteiger partial charge >= 0.3 is 0 Å². The van der Waals surface area contributed by atoms with Gasteiger partial charge in [0.25, 0.3) is 0 Å². The van der Waals surface area contributed by atoms with Crippen LogP contribution in [0.25, 0.3) is 11.2 Å². The maximum Gasteiger partial charge on any atom is 0.224 e. The van der Waals surface area contributed by atoms with Crippen LogP contribution in [-0.2, 0) is 6.54 Å². The number of rotatable bonds is 2. The average Bonchev–Trinajstić information content (AvgIpc) is 2.73. The van der Waals surface area contributed by atoms with E-state index in [4.69, 9.17) is 11.6 Å². The lowest BCUT2D eigenvalue weighted by Crippen LogP contribution is -1.99. The number of aromatic nitrogens is 4. The van der Waals surface area contributed by atoms with Crippen LogP contribution in [0.5, 0.6) is 0 Å². The lowest BCUT2D eigenvalue weighted by Gasteiger charge is -2.03. The van der Waals surface area contributed by atoms with Gasteiger partial charge < -0.3 is 4.57 Å². The third kappa shape index (κ3) is 1.99. The summed E-state index contributed by atoms with van der Waals surface area (Å²) >= 11 is 5.79. The van der Waals surface area contributed by atoms with E-state index in [1.54, 1.807) is 12.5 Å². The second-order valence-electron chi connectivity index (χ2n) is 3.71. The summed E-state index contributed by atoms with van der Waals surface area (Å²) in [7, 11) is 0. The minimum absolute atomic E-state index is 0.243. The predicted molar refractivity (Wildman–Crippen MR) is 65.9 cm³/mol. The van der Waals surface area contributed by atoms with Gasteiger partial charge in [-0.1, -0.05) is 30.3 Å². The van der Waals surface area contributed by atoms with Gasteiger partial charge in [-0.15, -0.1) is 0 Å². The molecule has 1 aromatic carbocycles. The number of benzene rings is 1. The third-order valence-corrected chi connectivity index (χ3v) is 2.71. The van der Waals surface area contributed by atoms with E-state index in [-0.39, 0.29) is 5.28 Å². The van der Waals surface area contributed by atoms with E-state index in [1.165, 1.54) is 5.56 Å². The lowest BCUT2D eigenvalue weighted by atomic mass is 10.2. The quantitative estimate of drug-likeness (QED) is 0.651. The Balaban J connectivity index is 2.03. The number of fused-ring (bicyclic) bond motifs is 1. The molecule has 0 radical (unpaired) electrons. The van der Waals surface area contributed by atoms with E-state index in [0.29, 0.717) is 0 Å². The second-order valence-corrected chi connectivity index (χ2v) is 4.04. The SMILES string of the molecule is Clc1ncc2ncn(Cc3ccccc3)c2n1. The molecule has 84 valence electrons. The maximum atomic E-state index is 5.79. The van der Waals surface area contributed by atoms with Gasteiger partial charge in [-0.3, -0.25) is 0 Å². The molecule has 3 rings (SSSR count). The molecule has 0 aliphatic rings. The van der Waals surface area contributed by atoms with Gasteiger partial charge in [0.2, 0.25) is 5.28 Å². The Labute approximate surface area is 103 Å². The molecular formula is C12H9ClN4. The van der Waals surface area contributed by atoms with Crippen LogP contribution < -0.4 is 0 Å². The molecule has 0 saturated heterocycles. The first-order valence-corrected chi connectivity index (χ1v) is 5.58. The van der Waals surface area contributed by atoms with E-state index in [0.717, 1.165) is 17.7 Å². The number of hydrogen-bond acceptors (Lipinski definition) is 3. The van der Waals surface area contributed by atoms with Crippen molar-refractivity contribution in [2.24, 2.45) is 0 Å². The zero-order chi connectivity index (χ0) is 11.7. The van der Waals surface area contributed by atoms with Crippen LogP contribution in [0.4, 0.5) is 0 Å². The minimum Gasteiger partial charge on any atom is -0.311 e. The van der Waals surface area contributed by atoms with Crippen molar-refractivity contribution in [3.63, 3.8) is 0 Å². The van der Waals surface area contributed by atoms with E-state index in [2.05, 4.69) is 27.1 Å². The fraction of sp³-hybridized carbons (Fsp3) is 0.0833. The van der Waals surface area contributed by atoms with E-state index in [1.807, 2.05) is 22.8 Å². The van der Waals surface area contributed by atoms with Gasteiger partial charge in [0.15, 0.2) is 5.65 Å². The molecule has 2 aromatic heterocycles. The second kappa shape index (κ2) is 4.14. The third-order valence-electron chi connectivity index (χ3n) is 2.52. The van der Waals surface area contributed by atoms with Crippen LogP contribution in [0, 0.1) is 0 Å². The van der Waals surface area contributed by atoms with Crippen LogP contribution in [0.3, 0.4) is 0 Å². The number of hydrogen-bond donors (Lipinski definition) is 0. The zero-order valence-electron chi connectivity index (χ0n) is 8.92. The van der Waals surface area contributed by atoms with Gasteiger partial charge in [0.05, 0.1) is 19.1 Å². The lowest BCUT2D eigenvalue weighted by molar-refractivity contribution is 0.813. The Morgan fingerprint density at radius 1 is 1.12 bits per heavy atom. The summed E-state index contributed by atoms with van der Waals surface area (Å²) in [5.74, 6) is 0. The number of halogens is 1. The molecule has 0 atom stereocenters. The summed E-state index contributed by atoms with van der Waals surface area (Å²) in [4.78, 5) is 12.3. The van der Waals surface area contributed by atoms with Gasteiger partial charge in [-0.25, -0.2) is 9.97 Å². The molecule has 0 aliphatic heterocycles. The molecule has 3 aromatic rings. The molecule has 0 fully saturated rings. The Morgan fingerprint density at radius 2 is 1.94 bits per heavy atom. The van der Waals surface area contributed by atoms with Crippen molar-refractivity contribution in [2.45, 2.75) is 6.54 Å². The Bertz CT molecular complexity index is 648. The fourth-order valence-corrected chi connectivity index (χ4v) is 1.86. The predicted octanol–water partition coefficient (Wildman–Crippen LogP) is 2.53. The van der Waals surface area contributed by atoms with Crippen molar-refractivity contribution in [3.8, 4) is 0 Å². The van der Waals surface area contributed by atoms with Crippen LogP contribution in [0.2, 0.25) is 5.28 Å². The summed E-state index contributed by atoms with van der Waals surface area (Å²) in [6.45, 7) is 0.727. The van der Waals surface area contributed by atoms with Gasteiger partial charge in [-0.05, 0) is 17.2 Å². The van der Waals surface area contributed by atoms with Gasteiger partial charge in [0.1, 0.15) is 5.52 Å². The summed E-state index contributed by atoms with van der Waals surface area (Å²) in [5.41, 5.74) is 2.71. The molecular weight excluding hydrogens is 236 g/mol. The van der Waals surface area contributed by atoms with Crippen molar-refractivity contribution >= 4 is 22.8 Å². The highest BCUT2D eigenvalue weighted by molar-refractivity contribution is 6.28. The van der Waals surface area contributed by atoms with Gasteiger partial charge in [0, 0.05) is 0 Å². The smallest absolute Gasteiger partial charge is 0.224 e. The number of imidazole rings is 1. The normalized spacial score (nSPS) is 10.9. The van der Waals surface area contributed by atoms with E-state index < -0.39 is 0 Å². The zero-order valence-corrected chi connectivity index (χ0v) is 9.67. The van der Waals surface area contributed by atoms with E-state index in [9.17, 15) is 0 Å². The molecule has 4 nitrogen and oxygen atoms in total. The first kappa shape index (κ1) is 10.2. The van der Waals surface area contributed by atoms with Crippen LogP contribution in [0.15, 0.2) is 42.9 Å². The number of nitrogens with zero attached hydrogens (tertiary/aromatic N) is 4. The Hall–Kier alpha value is -1.94. The molecule has 0 spiro atoms. The maximum absolute atomic E-state index is 5.79. The summed E-state index contributed by atoms with van der Waals surface area (Å²) in [6, 6.07) is 10.1.